The van der Waals surface area contributed by atoms with Gasteiger partial charge in [-0.3, -0.25) is 14.8 Å². The lowest BCUT2D eigenvalue weighted by atomic mass is 9.94. The van der Waals surface area contributed by atoms with Gasteiger partial charge in [0.2, 0.25) is 6.29 Å². The third-order valence-electron chi connectivity index (χ3n) is 5.26. The summed E-state index contributed by atoms with van der Waals surface area (Å²) in [7, 11) is 3.27. The van der Waals surface area contributed by atoms with Crippen molar-refractivity contribution in [2.24, 2.45) is 13.0 Å². The molecule has 2 aromatic rings. The summed E-state index contributed by atoms with van der Waals surface area (Å²) in [6.45, 7) is 1.59. The molecular weight excluding hydrogens is 364 g/mol. The highest BCUT2D eigenvalue weighted by molar-refractivity contribution is 5.82. The Morgan fingerprint density at radius 2 is 1.96 bits per heavy atom. The van der Waals surface area contributed by atoms with Crippen molar-refractivity contribution in [2.45, 2.75) is 19.1 Å². The minimum atomic E-state index is -0.420. The molecule has 28 heavy (non-hydrogen) atoms. The van der Waals surface area contributed by atoms with Gasteiger partial charge in [-0.15, -0.1) is 0 Å². The normalized spacial score (nSPS) is 17.4. The van der Waals surface area contributed by atoms with Crippen LogP contribution >= 0.6 is 0 Å². The zero-order valence-corrected chi connectivity index (χ0v) is 15.8. The lowest BCUT2D eigenvalue weighted by molar-refractivity contribution is -0.385. The second-order valence-electron chi connectivity index (χ2n) is 6.94. The highest BCUT2D eigenvalue weighted by Crippen LogP contribution is 2.41. The number of nitrogens with zero attached hydrogens (tertiary/aromatic N) is 4. The third kappa shape index (κ3) is 3.35. The Balaban J connectivity index is 1.66. The first-order valence-electron chi connectivity index (χ1n) is 9.13. The predicted octanol–water partition coefficient (Wildman–Crippen LogP) is 3.06. The van der Waals surface area contributed by atoms with Gasteiger partial charge in [0, 0.05) is 61.2 Å². The Morgan fingerprint density at radius 3 is 2.54 bits per heavy atom. The van der Waals surface area contributed by atoms with E-state index in [0.717, 1.165) is 42.7 Å². The third-order valence-corrected chi connectivity index (χ3v) is 5.26. The quantitative estimate of drug-likeness (QED) is 0.576. The SMILES string of the molecule is COc1cc(N2CCC(C3OC=CO3)CC2)c(-c2cnn(C)c2)cc1[N+](=O)[O-]. The van der Waals surface area contributed by atoms with E-state index in [-0.39, 0.29) is 17.7 Å². The number of rotatable bonds is 5. The molecule has 0 aliphatic carbocycles. The molecule has 3 heterocycles. The highest BCUT2D eigenvalue weighted by atomic mass is 16.7. The molecule has 0 bridgehead atoms. The number of aromatic nitrogens is 2. The second kappa shape index (κ2) is 7.41. The molecule has 0 amide bonds. The van der Waals surface area contributed by atoms with Gasteiger partial charge in [-0.2, -0.15) is 5.10 Å². The number of hydrogen-bond acceptors (Lipinski definition) is 7. The Hall–Kier alpha value is -3.23. The summed E-state index contributed by atoms with van der Waals surface area (Å²) in [5.74, 6) is 0.564. The van der Waals surface area contributed by atoms with Crippen LogP contribution in [0.2, 0.25) is 0 Å². The van der Waals surface area contributed by atoms with Crippen LogP contribution < -0.4 is 9.64 Å². The van der Waals surface area contributed by atoms with Crippen LogP contribution in [0.5, 0.6) is 5.75 Å². The maximum atomic E-state index is 11.5. The number of aryl methyl sites for hydroxylation is 1. The molecule has 0 N–H and O–H groups in total. The van der Waals surface area contributed by atoms with Gasteiger partial charge in [0.15, 0.2) is 5.75 Å². The maximum Gasteiger partial charge on any atom is 0.311 e. The average Bonchev–Trinajstić information content (AvgIpc) is 3.39. The fourth-order valence-electron chi connectivity index (χ4n) is 3.80. The van der Waals surface area contributed by atoms with Gasteiger partial charge in [0.25, 0.3) is 0 Å². The summed E-state index contributed by atoms with van der Waals surface area (Å²) in [4.78, 5) is 13.3. The first kappa shape index (κ1) is 18.1. The van der Waals surface area contributed by atoms with Crippen LogP contribution in [0, 0.1) is 16.0 Å². The minimum Gasteiger partial charge on any atom is -0.490 e. The first-order valence-corrected chi connectivity index (χ1v) is 9.13. The predicted molar refractivity (Wildman–Crippen MR) is 102 cm³/mol. The van der Waals surface area contributed by atoms with Gasteiger partial charge >= 0.3 is 5.69 Å². The van der Waals surface area contributed by atoms with Crippen molar-refractivity contribution in [3.63, 3.8) is 0 Å². The molecule has 9 heteroatoms. The lowest BCUT2D eigenvalue weighted by Gasteiger charge is -2.36. The molecular formula is C19H22N4O5. The van der Waals surface area contributed by atoms with Crippen LogP contribution in [0.3, 0.4) is 0 Å². The Kier molecular flexibility index (Phi) is 4.81. The van der Waals surface area contributed by atoms with Crippen LogP contribution in [0.4, 0.5) is 11.4 Å². The van der Waals surface area contributed by atoms with Crippen molar-refractivity contribution < 1.29 is 19.1 Å². The van der Waals surface area contributed by atoms with Crippen molar-refractivity contribution in [3.05, 3.63) is 47.2 Å². The van der Waals surface area contributed by atoms with Gasteiger partial charge in [0.05, 0.1) is 18.2 Å². The Labute approximate surface area is 162 Å². The lowest BCUT2D eigenvalue weighted by Crippen LogP contribution is -2.38. The van der Waals surface area contributed by atoms with Crippen molar-refractivity contribution >= 4 is 11.4 Å². The molecule has 1 fully saturated rings. The average molecular weight is 386 g/mol. The van der Waals surface area contributed by atoms with Crippen LogP contribution in [0.1, 0.15) is 12.8 Å². The molecule has 1 aromatic carbocycles. The Morgan fingerprint density at radius 1 is 1.25 bits per heavy atom. The van der Waals surface area contributed by atoms with Gasteiger partial charge in [-0.1, -0.05) is 0 Å². The molecule has 4 rings (SSSR count). The van der Waals surface area contributed by atoms with Crippen LogP contribution in [-0.2, 0) is 16.5 Å². The van der Waals surface area contributed by atoms with Gasteiger partial charge in [-0.25, -0.2) is 0 Å². The van der Waals surface area contributed by atoms with Crippen molar-refractivity contribution in [3.8, 4) is 16.9 Å². The van der Waals surface area contributed by atoms with E-state index in [1.165, 1.54) is 7.11 Å². The number of anilines is 1. The topological polar surface area (TPSA) is 91.9 Å². The van der Waals surface area contributed by atoms with Crippen molar-refractivity contribution in [2.75, 3.05) is 25.1 Å². The number of methoxy groups -OCH3 is 1. The van der Waals surface area contributed by atoms with E-state index in [1.807, 2.05) is 13.2 Å². The van der Waals surface area contributed by atoms with Crippen molar-refractivity contribution in [1.29, 1.82) is 0 Å². The number of nitro benzene ring substituents is 1. The number of piperidine rings is 1. The van der Waals surface area contributed by atoms with Crippen LogP contribution in [0.15, 0.2) is 37.1 Å². The maximum absolute atomic E-state index is 11.5. The number of hydrogen-bond donors (Lipinski definition) is 0. The summed E-state index contributed by atoms with van der Waals surface area (Å²) in [6.07, 6.45) is 8.32. The number of ether oxygens (including phenoxy) is 3. The number of nitro groups is 1. The monoisotopic (exact) mass is 386 g/mol. The molecule has 0 radical (unpaired) electrons. The van der Waals surface area contributed by atoms with Gasteiger partial charge < -0.3 is 19.1 Å². The molecule has 9 nitrogen and oxygen atoms in total. The summed E-state index contributed by atoms with van der Waals surface area (Å²) >= 11 is 0. The summed E-state index contributed by atoms with van der Waals surface area (Å²) < 4.78 is 17.9. The fraction of sp³-hybridized carbons (Fsp3) is 0.421. The van der Waals surface area contributed by atoms with E-state index in [0.29, 0.717) is 5.92 Å². The Bertz CT molecular complexity index is 894. The standard InChI is InChI=1S/C19H22N4O5/c1-21-12-14(11-20-21)15-9-17(23(24)25)18(26-2)10-16(15)22-5-3-13(4-6-22)19-27-7-8-28-19/h7-13,19H,3-6H2,1-2H3. The summed E-state index contributed by atoms with van der Waals surface area (Å²) in [6, 6.07) is 3.33. The zero-order valence-electron chi connectivity index (χ0n) is 15.8. The first-order chi connectivity index (χ1) is 13.6. The van der Waals surface area contributed by atoms with E-state index in [4.69, 9.17) is 14.2 Å². The molecule has 2 aliphatic rings. The minimum absolute atomic E-state index is 0.0566. The smallest absolute Gasteiger partial charge is 0.311 e. The molecule has 0 atom stereocenters. The molecule has 0 saturated carbocycles. The van der Waals surface area contributed by atoms with E-state index in [1.54, 1.807) is 35.5 Å². The molecule has 2 aliphatic heterocycles. The largest absolute Gasteiger partial charge is 0.490 e. The van der Waals surface area contributed by atoms with Crippen molar-refractivity contribution in [1.82, 2.24) is 9.78 Å². The zero-order chi connectivity index (χ0) is 19.7. The highest BCUT2D eigenvalue weighted by Gasteiger charge is 2.32. The van der Waals surface area contributed by atoms with E-state index in [9.17, 15) is 10.1 Å². The van der Waals surface area contributed by atoms with E-state index < -0.39 is 4.92 Å². The summed E-state index contributed by atoms with van der Waals surface area (Å²) in [5.41, 5.74) is 2.45. The summed E-state index contributed by atoms with van der Waals surface area (Å²) in [5, 5.41) is 15.7. The molecule has 148 valence electrons. The van der Waals surface area contributed by atoms with Crippen LogP contribution in [-0.4, -0.2) is 41.2 Å². The molecule has 0 spiro atoms. The number of benzene rings is 1. The molecule has 1 aromatic heterocycles. The van der Waals surface area contributed by atoms with E-state index >= 15 is 0 Å². The van der Waals surface area contributed by atoms with Crippen LogP contribution in [0.25, 0.3) is 11.1 Å². The van der Waals surface area contributed by atoms with E-state index in [2.05, 4.69) is 10.00 Å². The fourth-order valence-corrected chi connectivity index (χ4v) is 3.80. The van der Waals surface area contributed by atoms with Gasteiger partial charge in [0.1, 0.15) is 12.5 Å². The molecule has 1 saturated heterocycles. The van der Waals surface area contributed by atoms with Gasteiger partial charge in [-0.05, 0) is 12.8 Å². The molecule has 0 unspecified atom stereocenters. The second-order valence-corrected chi connectivity index (χ2v) is 6.94.